The number of amides is 1. The van der Waals surface area contributed by atoms with E-state index in [0.717, 1.165) is 10.5 Å². The number of aromatic nitrogens is 2. The molecule has 3 N–H and O–H groups in total. The topological polar surface area (TPSA) is 80.9 Å². The highest BCUT2D eigenvalue weighted by Crippen LogP contribution is 2.26. The van der Waals surface area contributed by atoms with Gasteiger partial charge in [0.15, 0.2) is 0 Å². The van der Waals surface area contributed by atoms with Gasteiger partial charge in [0.1, 0.15) is 5.69 Å². The van der Waals surface area contributed by atoms with E-state index < -0.39 is 0 Å². The van der Waals surface area contributed by atoms with Crippen molar-refractivity contribution >= 4 is 22.6 Å². The Morgan fingerprint density at radius 2 is 2.09 bits per heavy atom. The van der Waals surface area contributed by atoms with E-state index in [9.17, 15) is 4.79 Å². The van der Waals surface area contributed by atoms with Crippen molar-refractivity contribution < 1.29 is 4.79 Å². The van der Waals surface area contributed by atoms with E-state index in [-0.39, 0.29) is 5.91 Å². The van der Waals surface area contributed by atoms with Crippen molar-refractivity contribution in [2.45, 2.75) is 6.42 Å². The Morgan fingerprint density at radius 3 is 2.78 bits per heavy atom. The Morgan fingerprint density at radius 1 is 1.30 bits per heavy atom. The Kier molecular flexibility index (Phi) is 6.38. The summed E-state index contributed by atoms with van der Waals surface area (Å²) in [5.74, 6) is -0.257. The van der Waals surface area contributed by atoms with Crippen LogP contribution in [0.4, 0.5) is 0 Å². The molecule has 0 bridgehead atoms. The fraction of sp³-hybridized carbons (Fsp3) is 0.118. The second-order valence-corrected chi connectivity index (χ2v) is 5.66. The SMILES string of the molecule is C=C(S/C=C(\N)CCNC(=O)c1cnccn1)c1ccccc1. The minimum Gasteiger partial charge on any atom is -0.402 e. The lowest BCUT2D eigenvalue weighted by atomic mass is 10.2. The quantitative estimate of drug-likeness (QED) is 0.818. The van der Waals surface area contributed by atoms with Crippen molar-refractivity contribution in [1.82, 2.24) is 15.3 Å². The number of hydrogen-bond donors (Lipinski definition) is 2. The summed E-state index contributed by atoms with van der Waals surface area (Å²) in [6.07, 6.45) is 4.98. The van der Waals surface area contributed by atoms with Crippen LogP contribution >= 0.6 is 11.8 Å². The molecular weight excluding hydrogens is 308 g/mol. The van der Waals surface area contributed by atoms with E-state index in [4.69, 9.17) is 5.73 Å². The number of nitrogens with two attached hydrogens (primary N) is 1. The maximum atomic E-state index is 11.8. The third-order valence-electron chi connectivity index (χ3n) is 2.94. The summed E-state index contributed by atoms with van der Waals surface area (Å²) >= 11 is 1.48. The average molecular weight is 326 g/mol. The zero-order chi connectivity index (χ0) is 16.5. The van der Waals surface area contributed by atoms with Crippen LogP contribution in [-0.4, -0.2) is 22.4 Å². The zero-order valence-electron chi connectivity index (χ0n) is 12.6. The first kappa shape index (κ1) is 16.8. The second kappa shape index (κ2) is 8.75. The molecule has 0 atom stereocenters. The first-order valence-corrected chi connectivity index (χ1v) is 7.94. The molecule has 23 heavy (non-hydrogen) atoms. The monoisotopic (exact) mass is 326 g/mol. The van der Waals surface area contributed by atoms with E-state index in [2.05, 4.69) is 21.9 Å². The van der Waals surface area contributed by atoms with Gasteiger partial charge in [-0.25, -0.2) is 4.98 Å². The van der Waals surface area contributed by atoms with Gasteiger partial charge in [0, 0.05) is 36.0 Å². The molecule has 0 aliphatic carbocycles. The van der Waals surface area contributed by atoms with Crippen LogP contribution in [0.2, 0.25) is 0 Å². The number of benzene rings is 1. The summed E-state index contributed by atoms with van der Waals surface area (Å²) in [6, 6.07) is 9.90. The van der Waals surface area contributed by atoms with Crippen molar-refractivity contribution in [2.75, 3.05) is 6.54 Å². The maximum Gasteiger partial charge on any atom is 0.271 e. The van der Waals surface area contributed by atoms with Crippen molar-refractivity contribution in [3.05, 3.63) is 77.9 Å². The van der Waals surface area contributed by atoms with Crippen LogP contribution in [0.1, 0.15) is 22.5 Å². The van der Waals surface area contributed by atoms with Gasteiger partial charge in [0.05, 0.1) is 6.20 Å². The summed E-state index contributed by atoms with van der Waals surface area (Å²) in [6.45, 7) is 4.46. The number of carbonyl (C=O) groups excluding carboxylic acids is 1. The standard InChI is InChI=1S/C17H18N4OS/c1-13(14-5-3-2-4-6-14)23-12-15(18)7-8-21-17(22)16-11-19-9-10-20-16/h2-6,9-12H,1,7-8,18H2,(H,21,22)/b15-12-. The molecule has 0 aliphatic heterocycles. The van der Waals surface area contributed by atoms with Crippen molar-refractivity contribution in [3.8, 4) is 0 Å². The predicted octanol–water partition coefficient (Wildman–Crippen LogP) is 2.80. The van der Waals surface area contributed by atoms with Gasteiger partial charge in [0.2, 0.25) is 0 Å². The average Bonchev–Trinajstić information content (AvgIpc) is 2.61. The summed E-state index contributed by atoms with van der Waals surface area (Å²) in [5.41, 5.74) is 7.99. The molecule has 1 aromatic carbocycles. The smallest absolute Gasteiger partial charge is 0.271 e. The number of thioether (sulfide) groups is 1. The van der Waals surface area contributed by atoms with Crippen LogP contribution in [0.15, 0.2) is 66.6 Å². The summed E-state index contributed by atoms with van der Waals surface area (Å²) < 4.78 is 0. The summed E-state index contributed by atoms with van der Waals surface area (Å²) in [4.78, 5) is 20.5. The lowest BCUT2D eigenvalue weighted by molar-refractivity contribution is 0.0948. The molecule has 0 radical (unpaired) electrons. The number of hydrogen-bond acceptors (Lipinski definition) is 5. The largest absolute Gasteiger partial charge is 0.402 e. The molecule has 1 heterocycles. The molecule has 0 saturated carbocycles. The van der Waals surface area contributed by atoms with Gasteiger partial charge < -0.3 is 11.1 Å². The van der Waals surface area contributed by atoms with Gasteiger partial charge in [0.25, 0.3) is 5.91 Å². The highest BCUT2D eigenvalue weighted by atomic mass is 32.2. The van der Waals surface area contributed by atoms with Crippen LogP contribution in [-0.2, 0) is 0 Å². The highest BCUT2D eigenvalue weighted by Gasteiger charge is 2.05. The zero-order valence-corrected chi connectivity index (χ0v) is 13.4. The van der Waals surface area contributed by atoms with Crippen LogP contribution in [0.25, 0.3) is 4.91 Å². The molecule has 0 saturated heterocycles. The first-order valence-electron chi connectivity index (χ1n) is 7.06. The van der Waals surface area contributed by atoms with E-state index >= 15 is 0 Å². The summed E-state index contributed by atoms with van der Waals surface area (Å²) in [7, 11) is 0. The van der Waals surface area contributed by atoms with Crippen LogP contribution in [0.5, 0.6) is 0 Å². The van der Waals surface area contributed by atoms with Gasteiger partial charge in [-0.15, -0.1) is 0 Å². The van der Waals surface area contributed by atoms with Crippen molar-refractivity contribution in [1.29, 1.82) is 0 Å². The first-order chi connectivity index (χ1) is 11.2. The fourth-order valence-corrected chi connectivity index (χ4v) is 2.41. The Bertz CT molecular complexity index is 686. The van der Waals surface area contributed by atoms with E-state index in [1.807, 2.05) is 35.7 Å². The molecule has 2 aromatic rings. The summed E-state index contributed by atoms with van der Waals surface area (Å²) in [5, 5.41) is 4.61. The number of nitrogens with zero attached hydrogens (tertiary/aromatic N) is 2. The van der Waals surface area contributed by atoms with Crippen molar-refractivity contribution in [3.63, 3.8) is 0 Å². The molecule has 0 unspecified atom stereocenters. The molecule has 1 aromatic heterocycles. The van der Waals surface area contributed by atoms with Gasteiger partial charge in [-0.1, -0.05) is 48.7 Å². The maximum absolute atomic E-state index is 11.8. The Balaban J connectivity index is 1.75. The molecule has 1 amide bonds. The van der Waals surface area contributed by atoms with E-state index in [0.29, 0.717) is 24.4 Å². The third-order valence-corrected chi connectivity index (χ3v) is 3.88. The highest BCUT2D eigenvalue weighted by molar-refractivity contribution is 8.10. The molecule has 0 aliphatic rings. The van der Waals surface area contributed by atoms with Gasteiger partial charge in [-0.2, -0.15) is 0 Å². The minimum absolute atomic E-state index is 0.257. The lowest BCUT2D eigenvalue weighted by Crippen LogP contribution is -2.26. The molecule has 6 heteroatoms. The molecule has 2 rings (SSSR count). The van der Waals surface area contributed by atoms with Crippen LogP contribution in [0.3, 0.4) is 0 Å². The molecule has 5 nitrogen and oxygen atoms in total. The van der Waals surface area contributed by atoms with Gasteiger partial charge in [-0.05, 0) is 11.0 Å². The number of rotatable bonds is 7. The number of carbonyl (C=O) groups is 1. The van der Waals surface area contributed by atoms with E-state index in [1.54, 1.807) is 0 Å². The van der Waals surface area contributed by atoms with Crippen LogP contribution < -0.4 is 11.1 Å². The van der Waals surface area contributed by atoms with Crippen molar-refractivity contribution in [2.24, 2.45) is 5.73 Å². The normalized spacial score (nSPS) is 11.0. The molecule has 0 spiro atoms. The van der Waals surface area contributed by atoms with Gasteiger partial charge >= 0.3 is 0 Å². The third kappa shape index (κ3) is 5.60. The minimum atomic E-state index is -0.257. The van der Waals surface area contributed by atoms with Gasteiger partial charge in [-0.3, -0.25) is 9.78 Å². The number of nitrogens with one attached hydrogen (secondary N) is 1. The van der Waals surface area contributed by atoms with E-state index in [1.165, 1.54) is 30.4 Å². The molecule has 118 valence electrons. The Hall–Kier alpha value is -2.60. The predicted molar refractivity (Wildman–Crippen MR) is 94.3 cm³/mol. The lowest BCUT2D eigenvalue weighted by Gasteiger charge is -2.06. The second-order valence-electron chi connectivity index (χ2n) is 4.70. The molecular formula is C17H18N4OS. The Labute approximate surface area is 139 Å². The molecule has 0 fully saturated rings. The fourth-order valence-electron chi connectivity index (χ4n) is 1.73. The van der Waals surface area contributed by atoms with Crippen LogP contribution in [0, 0.1) is 0 Å².